The first-order valence-electron chi connectivity index (χ1n) is 7.87. The molecule has 118 valence electrons. The number of nitrogens with one attached hydrogen (secondary N) is 1. The lowest BCUT2D eigenvalue weighted by Gasteiger charge is -2.33. The molecule has 1 atom stereocenters. The second-order valence-corrected chi connectivity index (χ2v) is 6.10. The van der Waals surface area contributed by atoms with Gasteiger partial charge in [0.1, 0.15) is 11.6 Å². The molecular formula is C17H23N3O2. The SMILES string of the molecule is Cc1[nH]c(=O)c(C#N)c(C)c1CCC(=O)N1CCCC[C@@H]1C. The number of nitrogens with zero attached hydrogens (tertiary/aromatic N) is 2. The van der Waals surface area contributed by atoms with E-state index in [-0.39, 0.29) is 17.0 Å². The molecule has 0 bridgehead atoms. The third kappa shape index (κ3) is 3.22. The van der Waals surface area contributed by atoms with Gasteiger partial charge in [0, 0.05) is 24.7 Å². The Balaban J connectivity index is 2.13. The highest BCUT2D eigenvalue weighted by molar-refractivity contribution is 5.77. The zero-order chi connectivity index (χ0) is 16.3. The largest absolute Gasteiger partial charge is 0.340 e. The molecule has 0 spiro atoms. The minimum Gasteiger partial charge on any atom is -0.340 e. The van der Waals surface area contributed by atoms with Gasteiger partial charge in [0.15, 0.2) is 0 Å². The number of aromatic nitrogens is 1. The lowest BCUT2D eigenvalue weighted by Crippen LogP contribution is -2.42. The Bertz CT molecular complexity index is 670. The summed E-state index contributed by atoms with van der Waals surface area (Å²) in [7, 11) is 0. The van der Waals surface area contributed by atoms with Crippen LogP contribution in [0.3, 0.4) is 0 Å². The standard InChI is InChI=1S/C17H23N3O2/c1-11-6-4-5-9-20(11)16(21)8-7-14-12(2)15(10-18)17(22)19-13(14)3/h11H,4-9H2,1-3H3,(H,19,22)/t11-/m0/s1. The summed E-state index contributed by atoms with van der Waals surface area (Å²) >= 11 is 0. The molecule has 1 aliphatic heterocycles. The molecule has 0 aromatic carbocycles. The number of carbonyl (C=O) groups excluding carboxylic acids is 1. The molecule has 1 aromatic heterocycles. The molecule has 0 saturated carbocycles. The monoisotopic (exact) mass is 301 g/mol. The van der Waals surface area contributed by atoms with Gasteiger partial charge < -0.3 is 9.88 Å². The van der Waals surface area contributed by atoms with Gasteiger partial charge in [-0.1, -0.05) is 0 Å². The van der Waals surface area contributed by atoms with Crippen LogP contribution in [0.4, 0.5) is 0 Å². The first-order chi connectivity index (χ1) is 10.5. The van der Waals surface area contributed by atoms with Gasteiger partial charge in [0.2, 0.25) is 5.91 Å². The van der Waals surface area contributed by atoms with Crippen LogP contribution in [-0.2, 0) is 11.2 Å². The number of carbonyl (C=O) groups is 1. The van der Waals surface area contributed by atoms with Crippen LogP contribution in [0.5, 0.6) is 0 Å². The number of rotatable bonds is 3. The molecule has 2 heterocycles. The third-order valence-electron chi connectivity index (χ3n) is 4.63. The van der Waals surface area contributed by atoms with Gasteiger partial charge in [0.05, 0.1) is 0 Å². The van der Waals surface area contributed by atoms with E-state index in [0.717, 1.165) is 30.6 Å². The normalized spacial score (nSPS) is 18.1. The topological polar surface area (TPSA) is 77.0 Å². The smallest absolute Gasteiger partial charge is 0.266 e. The van der Waals surface area contributed by atoms with E-state index >= 15 is 0 Å². The Kier molecular flexibility index (Phi) is 5.02. The van der Waals surface area contributed by atoms with Crippen molar-refractivity contribution < 1.29 is 4.79 Å². The number of likely N-dealkylation sites (tertiary alicyclic amines) is 1. The molecule has 0 unspecified atom stereocenters. The van der Waals surface area contributed by atoms with Crippen molar-refractivity contribution in [1.82, 2.24) is 9.88 Å². The van der Waals surface area contributed by atoms with Crippen LogP contribution in [0.25, 0.3) is 0 Å². The average molecular weight is 301 g/mol. The highest BCUT2D eigenvalue weighted by Crippen LogP contribution is 2.20. The Hall–Kier alpha value is -2.09. The van der Waals surface area contributed by atoms with Gasteiger partial charge in [0.25, 0.3) is 5.56 Å². The molecule has 1 aromatic rings. The van der Waals surface area contributed by atoms with Crippen molar-refractivity contribution in [3.05, 3.63) is 32.7 Å². The fraction of sp³-hybridized carbons (Fsp3) is 0.588. The molecule has 22 heavy (non-hydrogen) atoms. The number of nitriles is 1. The molecule has 5 heteroatoms. The van der Waals surface area contributed by atoms with Crippen LogP contribution in [0.15, 0.2) is 4.79 Å². The Morgan fingerprint density at radius 1 is 1.41 bits per heavy atom. The maximum atomic E-state index is 12.4. The predicted molar refractivity (Wildman–Crippen MR) is 84.6 cm³/mol. The van der Waals surface area contributed by atoms with Crippen LogP contribution >= 0.6 is 0 Å². The van der Waals surface area contributed by atoms with E-state index in [4.69, 9.17) is 5.26 Å². The van der Waals surface area contributed by atoms with Crippen LogP contribution < -0.4 is 5.56 Å². The molecule has 1 N–H and O–H groups in total. The van der Waals surface area contributed by atoms with Gasteiger partial charge in [-0.15, -0.1) is 0 Å². The molecular weight excluding hydrogens is 278 g/mol. The molecule has 1 aliphatic rings. The molecule has 2 rings (SSSR count). The Morgan fingerprint density at radius 3 is 2.77 bits per heavy atom. The zero-order valence-corrected chi connectivity index (χ0v) is 13.5. The Morgan fingerprint density at radius 2 is 2.14 bits per heavy atom. The van der Waals surface area contributed by atoms with E-state index in [9.17, 15) is 9.59 Å². The molecule has 1 fully saturated rings. The Labute approximate surface area is 130 Å². The first-order valence-corrected chi connectivity index (χ1v) is 7.87. The fourth-order valence-electron chi connectivity index (χ4n) is 3.26. The average Bonchev–Trinajstić information content (AvgIpc) is 2.47. The van der Waals surface area contributed by atoms with Crippen molar-refractivity contribution in [2.24, 2.45) is 0 Å². The summed E-state index contributed by atoms with van der Waals surface area (Å²) in [5.41, 5.74) is 2.16. The van der Waals surface area contributed by atoms with Gasteiger partial charge in [-0.3, -0.25) is 9.59 Å². The van der Waals surface area contributed by atoms with Crippen molar-refractivity contribution in [3.8, 4) is 6.07 Å². The van der Waals surface area contributed by atoms with E-state index in [1.54, 1.807) is 6.92 Å². The number of hydrogen-bond donors (Lipinski definition) is 1. The molecule has 0 radical (unpaired) electrons. The van der Waals surface area contributed by atoms with Crippen molar-refractivity contribution in [3.63, 3.8) is 0 Å². The minimum atomic E-state index is -0.350. The van der Waals surface area contributed by atoms with E-state index in [0.29, 0.717) is 24.4 Å². The van der Waals surface area contributed by atoms with Crippen molar-refractivity contribution in [1.29, 1.82) is 5.26 Å². The number of hydrogen-bond acceptors (Lipinski definition) is 3. The maximum Gasteiger partial charge on any atom is 0.266 e. The van der Waals surface area contributed by atoms with E-state index in [1.165, 1.54) is 6.42 Å². The second kappa shape index (κ2) is 6.78. The van der Waals surface area contributed by atoms with Crippen LogP contribution in [0, 0.1) is 25.2 Å². The number of piperidine rings is 1. The summed E-state index contributed by atoms with van der Waals surface area (Å²) in [5, 5.41) is 9.09. The summed E-state index contributed by atoms with van der Waals surface area (Å²) in [6.07, 6.45) is 4.31. The number of aryl methyl sites for hydroxylation is 1. The quantitative estimate of drug-likeness (QED) is 0.929. The first kappa shape index (κ1) is 16.3. The number of H-pyrrole nitrogens is 1. The molecule has 1 saturated heterocycles. The third-order valence-corrected chi connectivity index (χ3v) is 4.63. The van der Waals surface area contributed by atoms with Crippen molar-refractivity contribution in [2.75, 3.05) is 6.54 Å². The second-order valence-electron chi connectivity index (χ2n) is 6.10. The van der Waals surface area contributed by atoms with Crippen molar-refractivity contribution in [2.45, 2.75) is 58.9 Å². The minimum absolute atomic E-state index is 0.152. The van der Waals surface area contributed by atoms with Crippen LogP contribution in [0.1, 0.15) is 55.0 Å². The van der Waals surface area contributed by atoms with Gasteiger partial charge in [-0.05, 0) is 57.6 Å². The predicted octanol–water partition coefficient (Wildman–Crippen LogP) is 2.20. The summed E-state index contributed by atoms with van der Waals surface area (Å²) in [5.74, 6) is 0.163. The van der Waals surface area contributed by atoms with E-state index in [2.05, 4.69) is 11.9 Å². The highest BCUT2D eigenvalue weighted by atomic mass is 16.2. The molecule has 0 aliphatic carbocycles. The van der Waals surface area contributed by atoms with Crippen LogP contribution in [-0.4, -0.2) is 28.4 Å². The number of amides is 1. The lowest BCUT2D eigenvalue weighted by molar-refractivity contribution is -0.134. The van der Waals surface area contributed by atoms with E-state index in [1.807, 2.05) is 17.9 Å². The lowest BCUT2D eigenvalue weighted by atomic mass is 9.98. The summed E-state index contributed by atoms with van der Waals surface area (Å²) in [4.78, 5) is 28.8. The number of pyridine rings is 1. The summed E-state index contributed by atoms with van der Waals surface area (Å²) in [6, 6.07) is 2.26. The highest BCUT2D eigenvalue weighted by Gasteiger charge is 2.23. The number of aromatic amines is 1. The molecule has 1 amide bonds. The van der Waals surface area contributed by atoms with Gasteiger partial charge in [-0.2, -0.15) is 5.26 Å². The summed E-state index contributed by atoms with van der Waals surface area (Å²) in [6.45, 7) is 6.54. The summed E-state index contributed by atoms with van der Waals surface area (Å²) < 4.78 is 0. The van der Waals surface area contributed by atoms with Gasteiger partial charge >= 0.3 is 0 Å². The van der Waals surface area contributed by atoms with Gasteiger partial charge in [-0.25, -0.2) is 0 Å². The van der Waals surface area contributed by atoms with Crippen LogP contribution in [0.2, 0.25) is 0 Å². The fourth-order valence-corrected chi connectivity index (χ4v) is 3.26. The van der Waals surface area contributed by atoms with Crippen molar-refractivity contribution >= 4 is 5.91 Å². The van der Waals surface area contributed by atoms with E-state index < -0.39 is 0 Å². The zero-order valence-electron chi connectivity index (χ0n) is 13.5. The maximum absolute atomic E-state index is 12.4. The molecule has 5 nitrogen and oxygen atoms in total.